The molecule has 1 saturated carbocycles. The van der Waals surface area contributed by atoms with Crippen LogP contribution in [0.3, 0.4) is 0 Å². The van der Waals surface area contributed by atoms with E-state index in [4.69, 9.17) is 16.0 Å². The minimum absolute atomic E-state index is 0.106. The van der Waals surface area contributed by atoms with E-state index >= 15 is 0 Å². The Morgan fingerprint density at radius 1 is 1.22 bits per heavy atom. The van der Waals surface area contributed by atoms with Crippen molar-refractivity contribution in [1.29, 1.82) is 0 Å². The van der Waals surface area contributed by atoms with Gasteiger partial charge in [-0.15, -0.1) is 0 Å². The molecular weight excluding hydrogens is 310 g/mol. The van der Waals surface area contributed by atoms with E-state index < -0.39 is 0 Å². The van der Waals surface area contributed by atoms with E-state index in [0.29, 0.717) is 16.5 Å². The summed E-state index contributed by atoms with van der Waals surface area (Å²) >= 11 is 6.21. The molecule has 0 atom stereocenters. The van der Waals surface area contributed by atoms with E-state index in [-0.39, 0.29) is 5.91 Å². The molecule has 1 fully saturated rings. The lowest BCUT2D eigenvalue weighted by Crippen LogP contribution is -2.30. The van der Waals surface area contributed by atoms with Gasteiger partial charge in [-0.1, -0.05) is 30.9 Å². The summed E-state index contributed by atoms with van der Waals surface area (Å²) in [5.41, 5.74) is 1.37. The number of hydrogen-bond donors (Lipinski definition) is 1. The molecule has 1 aromatic carbocycles. The largest absolute Gasteiger partial charge is 0.461 e. The van der Waals surface area contributed by atoms with Crippen LogP contribution in [0.4, 0.5) is 0 Å². The molecule has 0 aliphatic heterocycles. The molecule has 23 heavy (non-hydrogen) atoms. The number of hydrogen-bond acceptors (Lipinski definition) is 2. The number of rotatable bonds is 4. The minimum atomic E-state index is -0.106. The van der Waals surface area contributed by atoms with Gasteiger partial charge >= 0.3 is 0 Å². The van der Waals surface area contributed by atoms with Crippen LogP contribution in [-0.2, 0) is 0 Å². The minimum Gasteiger partial charge on any atom is -0.461 e. The topological polar surface area (TPSA) is 42.2 Å². The number of carbonyl (C=O) groups excluding carboxylic acids is 1. The fraction of sp³-hybridized carbons (Fsp3) is 0.421. The molecule has 1 aliphatic rings. The van der Waals surface area contributed by atoms with Gasteiger partial charge in [0.1, 0.15) is 11.5 Å². The van der Waals surface area contributed by atoms with E-state index in [1.54, 1.807) is 12.1 Å². The molecule has 1 N–H and O–H groups in total. The van der Waals surface area contributed by atoms with E-state index in [1.165, 1.54) is 32.1 Å². The molecule has 1 amide bonds. The summed E-state index contributed by atoms with van der Waals surface area (Å²) in [5, 5.41) is 3.51. The first-order valence-electron chi connectivity index (χ1n) is 8.28. The summed E-state index contributed by atoms with van der Waals surface area (Å²) < 4.78 is 5.62. The second kappa shape index (κ2) is 7.22. The van der Waals surface area contributed by atoms with Crippen molar-refractivity contribution in [2.24, 2.45) is 5.92 Å². The monoisotopic (exact) mass is 331 g/mol. The van der Waals surface area contributed by atoms with Gasteiger partial charge in [0.25, 0.3) is 5.91 Å². The Bertz CT molecular complexity index is 686. The van der Waals surface area contributed by atoms with Gasteiger partial charge in [0.05, 0.1) is 10.6 Å². The molecule has 0 saturated heterocycles. The smallest absolute Gasteiger partial charge is 0.252 e. The van der Waals surface area contributed by atoms with Crippen LogP contribution in [0, 0.1) is 12.8 Å². The molecule has 122 valence electrons. The highest BCUT2D eigenvalue weighted by atomic mass is 35.5. The van der Waals surface area contributed by atoms with Gasteiger partial charge < -0.3 is 9.73 Å². The zero-order valence-corrected chi connectivity index (χ0v) is 14.2. The summed E-state index contributed by atoms with van der Waals surface area (Å²) in [6.07, 6.45) is 6.28. The third kappa shape index (κ3) is 3.97. The molecule has 1 aliphatic carbocycles. The summed E-state index contributed by atoms with van der Waals surface area (Å²) in [5.74, 6) is 2.09. The first-order valence-corrected chi connectivity index (χ1v) is 8.66. The number of benzene rings is 1. The van der Waals surface area contributed by atoms with E-state index in [1.807, 2.05) is 25.1 Å². The predicted octanol–water partition coefficient (Wildman–Crippen LogP) is 5.22. The molecular formula is C19H22ClNO2. The van der Waals surface area contributed by atoms with Crippen LogP contribution in [0.2, 0.25) is 5.02 Å². The van der Waals surface area contributed by atoms with Gasteiger partial charge in [-0.2, -0.15) is 0 Å². The number of amides is 1. The van der Waals surface area contributed by atoms with Crippen LogP contribution < -0.4 is 5.32 Å². The van der Waals surface area contributed by atoms with Gasteiger partial charge in [-0.25, -0.2) is 0 Å². The third-order valence-electron chi connectivity index (χ3n) is 4.51. The number of carbonyl (C=O) groups is 1. The zero-order valence-electron chi connectivity index (χ0n) is 13.4. The van der Waals surface area contributed by atoms with Crippen molar-refractivity contribution in [2.45, 2.75) is 39.0 Å². The average molecular weight is 332 g/mol. The molecule has 0 unspecified atom stereocenters. The maximum atomic E-state index is 12.5. The van der Waals surface area contributed by atoms with E-state index in [0.717, 1.165) is 23.6 Å². The first-order chi connectivity index (χ1) is 11.1. The van der Waals surface area contributed by atoms with Crippen LogP contribution >= 0.6 is 11.6 Å². The van der Waals surface area contributed by atoms with Gasteiger partial charge in [-0.3, -0.25) is 4.79 Å². The zero-order chi connectivity index (χ0) is 16.2. The molecule has 2 aromatic rings. The van der Waals surface area contributed by atoms with E-state index in [9.17, 15) is 4.79 Å². The molecule has 0 bridgehead atoms. The number of furan rings is 1. The summed E-state index contributed by atoms with van der Waals surface area (Å²) in [6.45, 7) is 2.64. The summed E-state index contributed by atoms with van der Waals surface area (Å²) in [7, 11) is 0. The SMILES string of the molecule is Cc1ccc(-c2ccc(Cl)c(C(=O)NCC3CCCCC3)c2)o1. The molecule has 4 heteroatoms. The molecule has 0 radical (unpaired) electrons. The van der Waals surface area contributed by atoms with Crippen LogP contribution in [0.25, 0.3) is 11.3 Å². The Morgan fingerprint density at radius 2 is 2.00 bits per heavy atom. The van der Waals surface area contributed by atoms with E-state index in [2.05, 4.69) is 5.32 Å². The highest BCUT2D eigenvalue weighted by Gasteiger charge is 2.17. The summed E-state index contributed by atoms with van der Waals surface area (Å²) in [6, 6.07) is 9.24. The standard InChI is InChI=1S/C19H22ClNO2/c1-13-7-10-18(23-13)15-8-9-17(20)16(11-15)19(22)21-12-14-5-3-2-4-6-14/h7-11,14H,2-6,12H2,1H3,(H,21,22). The highest BCUT2D eigenvalue weighted by molar-refractivity contribution is 6.34. The number of halogens is 1. The van der Waals surface area contributed by atoms with Crippen molar-refractivity contribution >= 4 is 17.5 Å². The van der Waals surface area contributed by atoms with Crippen LogP contribution in [-0.4, -0.2) is 12.5 Å². The van der Waals surface area contributed by atoms with Gasteiger partial charge in [-0.05, 0) is 56.0 Å². The Labute approximate surface area is 142 Å². The number of aryl methyl sites for hydroxylation is 1. The second-order valence-corrected chi connectivity index (χ2v) is 6.73. The molecule has 1 heterocycles. The summed E-state index contributed by atoms with van der Waals surface area (Å²) in [4.78, 5) is 12.5. The van der Waals surface area contributed by atoms with Crippen molar-refractivity contribution in [1.82, 2.24) is 5.32 Å². The Kier molecular flexibility index (Phi) is 5.06. The fourth-order valence-corrected chi connectivity index (χ4v) is 3.37. The Balaban J connectivity index is 1.71. The fourth-order valence-electron chi connectivity index (χ4n) is 3.17. The van der Waals surface area contributed by atoms with Crippen molar-refractivity contribution in [3.8, 4) is 11.3 Å². The lowest BCUT2D eigenvalue weighted by Gasteiger charge is -2.21. The Morgan fingerprint density at radius 3 is 2.70 bits per heavy atom. The van der Waals surface area contributed by atoms with Crippen LogP contribution in [0.5, 0.6) is 0 Å². The second-order valence-electron chi connectivity index (χ2n) is 6.32. The predicted molar refractivity (Wildman–Crippen MR) is 92.8 cm³/mol. The lowest BCUT2D eigenvalue weighted by molar-refractivity contribution is 0.0944. The van der Waals surface area contributed by atoms with Gasteiger partial charge in [0.15, 0.2) is 0 Å². The lowest BCUT2D eigenvalue weighted by atomic mass is 9.89. The van der Waals surface area contributed by atoms with Crippen molar-refractivity contribution in [3.63, 3.8) is 0 Å². The van der Waals surface area contributed by atoms with Crippen molar-refractivity contribution in [3.05, 3.63) is 46.7 Å². The molecule has 0 spiro atoms. The van der Waals surface area contributed by atoms with Crippen LogP contribution in [0.1, 0.15) is 48.2 Å². The van der Waals surface area contributed by atoms with Gasteiger partial charge in [0, 0.05) is 12.1 Å². The maximum absolute atomic E-state index is 12.5. The van der Waals surface area contributed by atoms with Crippen LogP contribution in [0.15, 0.2) is 34.7 Å². The van der Waals surface area contributed by atoms with Crippen molar-refractivity contribution < 1.29 is 9.21 Å². The first kappa shape index (κ1) is 16.1. The third-order valence-corrected chi connectivity index (χ3v) is 4.84. The number of nitrogens with one attached hydrogen (secondary N) is 1. The highest BCUT2D eigenvalue weighted by Crippen LogP contribution is 2.27. The Hall–Kier alpha value is -1.74. The van der Waals surface area contributed by atoms with Gasteiger partial charge in [0.2, 0.25) is 0 Å². The normalized spacial score (nSPS) is 15.6. The quantitative estimate of drug-likeness (QED) is 0.834. The molecule has 3 rings (SSSR count). The molecule has 1 aromatic heterocycles. The molecule has 3 nitrogen and oxygen atoms in total. The van der Waals surface area contributed by atoms with Crippen molar-refractivity contribution in [2.75, 3.05) is 6.54 Å². The maximum Gasteiger partial charge on any atom is 0.252 e. The average Bonchev–Trinajstić information content (AvgIpc) is 3.00.